The Morgan fingerprint density at radius 1 is 1.43 bits per heavy atom. The average Bonchev–Trinajstić information content (AvgIpc) is 2.94. The van der Waals surface area contributed by atoms with E-state index in [1.807, 2.05) is 5.38 Å². The van der Waals surface area contributed by atoms with E-state index in [0.29, 0.717) is 23.6 Å². The summed E-state index contributed by atoms with van der Waals surface area (Å²) in [7, 11) is 0. The lowest BCUT2D eigenvalue weighted by Gasteiger charge is -2.00. The Labute approximate surface area is 125 Å². The number of hydrogen-bond donors (Lipinski definition) is 0. The van der Waals surface area contributed by atoms with E-state index in [1.165, 1.54) is 17.4 Å². The Morgan fingerprint density at radius 2 is 2.19 bits per heavy atom. The quantitative estimate of drug-likeness (QED) is 0.465. The number of nitro groups is 1. The van der Waals surface area contributed by atoms with Crippen LogP contribution in [0.3, 0.4) is 0 Å². The van der Waals surface area contributed by atoms with E-state index >= 15 is 0 Å². The number of nitrogens with zero attached hydrogens (tertiary/aromatic N) is 2. The summed E-state index contributed by atoms with van der Waals surface area (Å²) in [4.78, 5) is 26.3. The van der Waals surface area contributed by atoms with Gasteiger partial charge < -0.3 is 4.74 Å². The van der Waals surface area contributed by atoms with Crippen molar-refractivity contribution in [1.29, 1.82) is 0 Å². The molecule has 0 radical (unpaired) electrons. The van der Waals surface area contributed by atoms with E-state index in [0.717, 1.165) is 5.69 Å². The average molecular weight is 306 g/mol. The smallest absolute Gasteiger partial charge is 0.306 e. The Morgan fingerprint density at radius 3 is 2.90 bits per heavy atom. The Balaban J connectivity index is 2.13. The zero-order valence-corrected chi connectivity index (χ0v) is 12.3. The molecule has 1 heterocycles. The molecule has 1 aromatic heterocycles. The summed E-state index contributed by atoms with van der Waals surface area (Å²) >= 11 is 1.33. The molecule has 0 unspecified atom stereocenters. The van der Waals surface area contributed by atoms with Gasteiger partial charge in [-0.2, -0.15) is 0 Å². The number of hydrogen-bond acceptors (Lipinski definition) is 6. The fraction of sp³-hybridized carbons (Fsp3) is 0.286. The lowest BCUT2D eigenvalue weighted by molar-refractivity contribution is -0.384. The number of ether oxygens (including phenoxy) is 1. The highest BCUT2D eigenvalue weighted by Gasteiger charge is 2.17. The largest absolute Gasteiger partial charge is 0.466 e. The first-order chi connectivity index (χ1) is 10.1. The Bertz CT molecular complexity index is 654. The van der Waals surface area contributed by atoms with Crippen LogP contribution in [0.4, 0.5) is 5.69 Å². The molecule has 0 fully saturated rings. The van der Waals surface area contributed by atoms with Crippen LogP contribution < -0.4 is 0 Å². The SMILES string of the molecule is CCOC(=O)CCc1csc(-c2ccccc2[N+](=O)[O-])n1. The van der Waals surface area contributed by atoms with Crippen molar-refractivity contribution in [3.05, 3.63) is 45.5 Å². The first-order valence-corrected chi connectivity index (χ1v) is 7.33. The molecule has 0 aliphatic heterocycles. The monoisotopic (exact) mass is 306 g/mol. The topological polar surface area (TPSA) is 82.3 Å². The number of thiazole rings is 1. The van der Waals surface area contributed by atoms with Crippen LogP contribution in [-0.2, 0) is 16.0 Å². The molecule has 0 saturated carbocycles. The molecule has 0 aliphatic carbocycles. The van der Waals surface area contributed by atoms with Crippen molar-refractivity contribution in [3.63, 3.8) is 0 Å². The van der Waals surface area contributed by atoms with Crippen LogP contribution in [0.25, 0.3) is 10.6 Å². The number of benzene rings is 1. The number of para-hydroxylation sites is 1. The van der Waals surface area contributed by atoms with Crippen LogP contribution >= 0.6 is 11.3 Å². The standard InChI is InChI=1S/C14H14N2O4S/c1-2-20-13(17)8-7-10-9-21-14(15-10)11-5-3-4-6-12(11)16(18)19/h3-6,9H,2,7-8H2,1H3. The Hall–Kier alpha value is -2.28. The molecular weight excluding hydrogens is 292 g/mol. The predicted molar refractivity (Wildman–Crippen MR) is 79.2 cm³/mol. The van der Waals surface area contributed by atoms with Gasteiger partial charge in [0, 0.05) is 17.9 Å². The zero-order chi connectivity index (χ0) is 15.2. The number of carbonyl (C=O) groups excluding carboxylic acids is 1. The molecule has 6 nitrogen and oxygen atoms in total. The summed E-state index contributed by atoms with van der Waals surface area (Å²) in [5, 5.41) is 13.4. The van der Waals surface area contributed by atoms with Gasteiger partial charge in [-0.15, -0.1) is 11.3 Å². The van der Waals surface area contributed by atoms with Gasteiger partial charge in [0.1, 0.15) is 5.01 Å². The fourth-order valence-electron chi connectivity index (χ4n) is 1.82. The normalized spacial score (nSPS) is 10.3. The molecule has 0 N–H and O–H groups in total. The van der Waals surface area contributed by atoms with Crippen molar-refractivity contribution in [3.8, 4) is 10.6 Å². The van der Waals surface area contributed by atoms with Crippen molar-refractivity contribution in [2.45, 2.75) is 19.8 Å². The summed E-state index contributed by atoms with van der Waals surface area (Å²) in [6.45, 7) is 2.12. The third-order valence-corrected chi connectivity index (χ3v) is 3.70. The molecule has 2 aromatic rings. The van der Waals surface area contributed by atoms with Gasteiger partial charge in [-0.1, -0.05) is 12.1 Å². The first kappa shape index (κ1) is 15.1. The molecule has 0 atom stereocenters. The number of esters is 1. The summed E-state index contributed by atoms with van der Waals surface area (Å²) in [6.07, 6.45) is 0.726. The number of carbonyl (C=O) groups is 1. The van der Waals surface area contributed by atoms with E-state index in [1.54, 1.807) is 25.1 Å². The van der Waals surface area contributed by atoms with Crippen LogP contribution in [0.1, 0.15) is 19.0 Å². The summed E-state index contributed by atoms with van der Waals surface area (Å²) < 4.78 is 4.85. The van der Waals surface area contributed by atoms with Gasteiger partial charge in [-0.05, 0) is 13.0 Å². The maximum Gasteiger partial charge on any atom is 0.306 e. The van der Waals surface area contributed by atoms with E-state index in [2.05, 4.69) is 4.98 Å². The summed E-state index contributed by atoms with van der Waals surface area (Å²) in [5.74, 6) is -0.266. The molecule has 7 heteroatoms. The van der Waals surface area contributed by atoms with Crippen LogP contribution in [0, 0.1) is 10.1 Å². The third-order valence-electron chi connectivity index (χ3n) is 2.77. The van der Waals surface area contributed by atoms with Gasteiger partial charge >= 0.3 is 5.97 Å². The summed E-state index contributed by atoms with van der Waals surface area (Å²) in [6, 6.07) is 6.49. The first-order valence-electron chi connectivity index (χ1n) is 6.45. The molecule has 1 aromatic carbocycles. The second kappa shape index (κ2) is 6.94. The van der Waals surface area contributed by atoms with Crippen molar-refractivity contribution < 1.29 is 14.5 Å². The minimum absolute atomic E-state index is 0.0313. The lowest BCUT2D eigenvalue weighted by Crippen LogP contribution is -2.05. The molecule has 0 bridgehead atoms. The second-order valence-corrected chi connectivity index (χ2v) is 5.08. The lowest BCUT2D eigenvalue weighted by atomic mass is 10.2. The van der Waals surface area contributed by atoms with Gasteiger partial charge in [0.25, 0.3) is 5.69 Å². The maximum atomic E-state index is 11.3. The molecule has 0 spiro atoms. The minimum Gasteiger partial charge on any atom is -0.466 e. The molecule has 0 saturated heterocycles. The number of rotatable bonds is 6. The van der Waals surface area contributed by atoms with Crippen molar-refractivity contribution in [2.24, 2.45) is 0 Å². The number of aromatic nitrogens is 1. The molecule has 110 valence electrons. The van der Waals surface area contributed by atoms with Gasteiger partial charge in [0.05, 0.1) is 29.2 Å². The van der Waals surface area contributed by atoms with Gasteiger partial charge in [-0.25, -0.2) is 4.98 Å². The van der Waals surface area contributed by atoms with E-state index in [9.17, 15) is 14.9 Å². The molecule has 0 aliphatic rings. The van der Waals surface area contributed by atoms with Crippen LogP contribution in [0.2, 0.25) is 0 Å². The highest BCUT2D eigenvalue weighted by Crippen LogP contribution is 2.31. The van der Waals surface area contributed by atoms with Crippen molar-refractivity contribution in [2.75, 3.05) is 6.61 Å². The maximum absolute atomic E-state index is 11.3. The predicted octanol–water partition coefficient (Wildman–Crippen LogP) is 3.21. The van der Waals surface area contributed by atoms with Crippen molar-refractivity contribution in [1.82, 2.24) is 4.98 Å². The number of nitro benzene ring substituents is 1. The van der Waals surface area contributed by atoms with E-state index < -0.39 is 4.92 Å². The second-order valence-electron chi connectivity index (χ2n) is 4.22. The molecule has 2 rings (SSSR count). The van der Waals surface area contributed by atoms with Crippen LogP contribution in [0.15, 0.2) is 29.6 Å². The Kier molecular flexibility index (Phi) is 4.99. The van der Waals surface area contributed by atoms with Gasteiger partial charge in [-0.3, -0.25) is 14.9 Å². The summed E-state index contributed by atoms with van der Waals surface area (Å²) in [5.41, 5.74) is 1.26. The van der Waals surface area contributed by atoms with E-state index in [4.69, 9.17) is 4.74 Å². The fourth-order valence-corrected chi connectivity index (χ4v) is 2.71. The van der Waals surface area contributed by atoms with Gasteiger partial charge in [0.15, 0.2) is 0 Å². The van der Waals surface area contributed by atoms with Crippen LogP contribution in [-0.4, -0.2) is 22.5 Å². The van der Waals surface area contributed by atoms with Gasteiger partial charge in [0.2, 0.25) is 0 Å². The third kappa shape index (κ3) is 3.85. The molecule has 0 amide bonds. The van der Waals surface area contributed by atoms with Crippen LogP contribution in [0.5, 0.6) is 0 Å². The zero-order valence-electron chi connectivity index (χ0n) is 11.4. The molecular formula is C14H14N2O4S. The number of aryl methyl sites for hydroxylation is 1. The highest BCUT2D eigenvalue weighted by atomic mass is 32.1. The highest BCUT2D eigenvalue weighted by molar-refractivity contribution is 7.13. The minimum atomic E-state index is -0.422. The van der Waals surface area contributed by atoms with Crippen molar-refractivity contribution >= 4 is 23.0 Å². The van der Waals surface area contributed by atoms with E-state index in [-0.39, 0.29) is 18.1 Å². The molecule has 21 heavy (non-hydrogen) atoms.